The van der Waals surface area contributed by atoms with E-state index in [2.05, 4.69) is 30.8 Å². The number of nitrogens with one attached hydrogen (secondary N) is 3. The predicted molar refractivity (Wildman–Crippen MR) is 133 cm³/mol. The number of hydrogen-bond acceptors (Lipinski definition) is 5. The molecule has 0 saturated heterocycles. The Hall–Kier alpha value is -2.47. The number of aromatic nitrogens is 3. The highest BCUT2D eigenvalue weighted by Gasteiger charge is 2.06. The number of rotatable bonds is 8. The molecule has 2 aromatic carbocycles. The zero-order valence-electron chi connectivity index (χ0n) is 17.5. The molecule has 10 heteroatoms. The number of benzene rings is 2. The maximum absolute atomic E-state index is 11.6. The standard InChI is InChI=1S/C21H26N6O2S.HI/c1-3-22-21(23-12-11-16-7-9-19(10-8-16)30(2,28)29)24-14-17-5-4-6-18(13-17)20-25-15-26-27-20;/h4-10,13,15H,3,11-12,14H2,1-2H3,(H2,22,23,24)(H,25,26,27);1H. The quantitative estimate of drug-likeness (QED) is 0.224. The number of aliphatic imine (C=N–C) groups is 1. The van der Waals surface area contributed by atoms with Crippen LogP contribution in [0.1, 0.15) is 18.1 Å². The van der Waals surface area contributed by atoms with E-state index in [0.29, 0.717) is 18.0 Å². The Morgan fingerprint density at radius 3 is 2.52 bits per heavy atom. The number of guanidine groups is 1. The molecule has 0 aliphatic heterocycles. The van der Waals surface area contributed by atoms with E-state index in [1.54, 1.807) is 12.1 Å². The van der Waals surface area contributed by atoms with Gasteiger partial charge in [-0.1, -0.05) is 30.3 Å². The normalized spacial score (nSPS) is 11.6. The lowest BCUT2D eigenvalue weighted by molar-refractivity contribution is 0.602. The maximum atomic E-state index is 11.6. The highest BCUT2D eigenvalue weighted by atomic mass is 127. The second-order valence-electron chi connectivity index (χ2n) is 6.82. The van der Waals surface area contributed by atoms with Gasteiger partial charge in [-0.05, 0) is 42.7 Å². The van der Waals surface area contributed by atoms with Crippen molar-refractivity contribution >= 4 is 39.8 Å². The second-order valence-corrected chi connectivity index (χ2v) is 8.84. The van der Waals surface area contributed by atoms with Crippen molar-refractivity contribution in [1.29, 1.82) is 0 Å². The van der Waals surface area contributed by atoms with Crippen molar-refractivity contribution in [2.24, 2.45) is 4.99 Å². The number of halogens is 1. The third kappa shape index (κ3) is 7.62. The molecule has 0 saturated carbocycles. The summed E-state index contributed by atoms with van der Waals surface area (Å²) in [5.41, 5.74) is 3.10. The smallest absolute Gasteiger partial charge is 0.191 e. The Morgan fingerprint density at radius 2 is 1.87 bits per heavy atom. The van der Waals surface area contributed by atoms with Crippen molar-refractivity contribution < 1.29 is 8.42 Å². The number of hydrogen-bond donors (Lipinski definition) is 3. The van der Waals surface area contributed by atoms with E-state index in [0.717, 1.165) is 41.4 Å². The molecule has 0 radical (unpaired) electrons. The summed E-state index contributed by atoms with van der Waals surface area (Å²) in [5, 5.41) is 13.3. The van der Waals surface area contributed by atoms with Crippen LogP contribution in [0.4, 0.5) is 0 Å². The Kier molecular flexibility index (Phi) is 9.44. The summed E-state index contributed by atoms with van der Waals surface area (Å²) < 4.78 is 23.1. The number of sulfone groups is 1. The fourth-order valence-electron chi connectivity index (χ4n) is 2.90. The lowest BCUT2D eigenvalue weighted by atomic mass is 10.1. The van der Waals surface area contributed by atoms with Crippen LogP contribution in [0, 0.1) is 0 Å². The van der Waals surface area contributed by atoms with Gasteiger partial charge in [-0.2, -0.15) is 5.10 Å². The van der Waals surface area contributed by atoms with Gasteiger partial charge >= 0.3 is 0 Å². The summed E-state index contributed by atoms with van der Waals surface area (Å²) in [6.45, 7) is 3.99. The van der Waals surface area contributed by atoms with Gasteiger partial charge in [-0.25, -0.2) is 18.4 Å². The highest BCUT2D eigenvalue weighted by Crippen LogP contribution is 2.16. The minimum atomic E-state index is -3.17. The molecule has 0 aliphatic carbocycles. The van der Waals surface area contributed by atoms with Gasteiger partial charge < -0.3 is 10.6 Å². The van der Waals surface area contributed by atoms with Crippen LogP contribution in [-0.2, 0) is 22.8 Å². The van der Waals surface area contributed by atoms with Gasteiger partial charge in [-0.3, -0.25) is 5.10 Å². The molecule has 1 heterocycles. The van der Waals surface area contributed by atoms with Crippen LogP contribution in [0.5, 0.6) is 0 Å². The third-order valence-electron chi connectivity index (χ3n) is 4.44. The topological polar surface area (TPSA) is 112 Å². The SMILES string of the molecule is CCNC(=NCc1cccc(-c2ncn[nH]2)c1)NCCc1ccc(S(C)(=O)=O)cc1.I. The molecule has 3 N–H and O–H groups in total. The second kappa shape index (κ2) is 11.8. The zero-order valence-corrected chi connectivity index (χ0v) is 20.6. The molecule has 0 unspecified atom stereocenters. The summed E-state index contributed by atoms with van der Waals surface area (Å²) in [6.07, 6.45) is 3.46. The van der Waals surface area contributed by atoms with Crippen molar-refractivity contribution in [3.8, 4) is 11.4 Å². The molecular weight excluding hydrogens is 527 g/mol. The molecule has 3 aromatic rings. The molecule has 0 spiro atoms. The first-order valence-corrected chi connectivity index (χ1v) is 11.6. The average Bonchev–Trinajstić information content (AvgIpc) is 3.27. The molecule has 0 atom stereocenters. The van der Waals surface area contributed by atoms with E-state index in [9.17, 15) is 8.42 Å². The maximum Gasteiger partial charge on any atom is 0.191 e. The predicted octanol–water partition coefficient (Wildman–Crippen LogP) is 2.79. The molecule has 166 valence electrons. The zero-order chi connectivity index (χ0) is 21.4. The molecule has 0 amide bonds. The van der Waals surface area contributed by atoms with E-state index in [4.69, 9.17) is 0 Å². The molecule has 0 fully saturated rings. The first-order valence-electron chi connectivity index (χ1n) is 9.71. The summed E-state index contributed by atoms with van der Waals surface area (Å²) in [6, 6.07) is 15.0. The first kappa shape index (κ1) is 24.8. The van der Waals surface area contributed by atoms with Crippen molar-refractivity contribution in [3.05, 3.63) is 66.0 Å². The molecule has 0 bridgehead atoms. The van der Waals surface area contributed by atoms with Gasteiger partial charge in [0.05, 0.1) is 11.4 Å². The van der Waals surface area contributed by atoms with E-state index in [-0.39, 0.29) is 24.0 Å². The van der Waals surface area contributed by atoms with Gasteiger partial charge in [-0.15, -0.1) is 24.0 Å². The van der Waals surface area contributed by atoms with Gasteiger partial charge in [0.25, 0.3) is 0 Å². The highest BCUT2D eigenvalue weighted by molar-refractivity contribution is 14.0. The summed E-state index contributed by atoms with van der Waals surface area (Å²) >= 11 is 0. The van der Waals surface area contributed by atoms with Crippen LogP contribution in [0.3, 0.4) is 0 Å². The van der Waals surface area contributed by atoms with Gasteiger partial charge in [0.2, 0.25) is 0 Å². The monoisotopic (exact) mass is 554 g/mol. The Morgan fingerprint density at radius 1 is 1.10 bits per heavy atom. The summed E-state index contributed by atoms with van der Waals surface area (Å²) in [4.78, 5) is 9.17. The minimum Gasteiger partial charge on any atom is -0.357 e. The van der Waals surface area contributed by atoms with Crippen molar-refractivity contribution in [3.63, 3.8) is 0 Å². The first-order chi connectivity index (χ1) is 14.5. The molecule has 3 rings (SSSR count). The van der Waals surface area contributed by atoms with Gasteiger partial charge in [0.1, 0.15) is 6.33 Å². The molecule has 1 aromatic heterocycles. The van der Waals surface area contributed by atoms with E-state index >= 15 is 0 Å². The van der Waals surface area contributed by atoms with E-state index < -0.39 is 9.84 Å². The molecule has 8 nitrogen and oxygen atoms in total. The lowest BCUT2D eigenvalue weighted by Crippen LogP contribution is -2.38. The lowest BCUT2D eigenvalue weighted by Gasteiger charge is -2.12. The molecular formula is C21H27IN6O2S. The summed E-state index contributed by atoms with van der Waals surface area (Å²) in [5.74, 6) is 1.46. The molecule has 0 aliphatic rings. The molecule has 31 heavy (non-hydrogen) atoms. The fourth-order valence-corrected chi connectivity index (χ4v) is 3.53. The van der Waals surface area contributed by atoms with Crippen LogP contribution in [0.25, 0.3) is 11.4 Å². The van der Waals surface area contributed by atoms with Crippen LogP contribution in [-0.4, -0.2) is 48.9 Å². The van der Waals surface area contributed by atoms with Crippen LogP contribution in [0.2, 0.25) is 0 Å². The third-order valence-corrected chi connectivity index (χ3v) is 5.57. The fraction of sp³-hybridized carbons (Fsp3) is 0.286. The Bertz CT molecular complexity index is 1080. The van der Waals surface area contributed by atoms with E-state index in [1.165, 1.54) is 12.6 Å². The largest absolute Gasteiger partial charge is 0.357 e. The van der Waals surface area contributed by atoms with Crippen LogP contribution in [0.15, 0.2) is 64.7 Å². The Balaban J connectivity index is 0.00000341. The summed E-state index contributed by atoms with van der Waals surface area (Å²) in [7, 11) is -3.17. The number of aromatic amines is 1. The van der Waals surface area contributed by atoms with Crippen molar-refractivity contribution in [1.82, 2.24) is 25.8 Å². The van der Waals surface area contributed by atoms with Gasteiger partial charge in [0, 0.05) is 24.9 Å². The van der Waals surface area contributed by atoms with Crippen molar-refractivity contribution in [2.75, 3.05) is 19.3 Å². The number of nitrogens with zero attached hydrogens (tertiary/aromatic N) is 3. The van der Waals surface area contributed by atoms with Crippen molar-refractivity contribution in [2.45, 2.75) is 24.8 Å². The van der Waals surface area contributed by atoms with E-state index in [1.807, 2.05) is 43.3 Å². The van der Waals surface area contributed by atoms with Crippen LogP contribution < -0.4 is 10.6 Å². The average molecular weight is 554 g/mol. The van der Waals surface area contributed by atoms with Crippen LogP contribution >= 0.6 is 24.0 Å². The Labute approximate surface area is 199 Å². The minimum absolute atomic E-state index is 0. The van der Waals surface area contributed by atoms with Gasteiger partial charge in [0.15, 0.2) is 21.6 Å². The number of H-pyrrole nitrogens is 1.